The van der Waals surface area contributed by atoms with Crippen molar-refractivity contribution in [3.63, 3.8) is 0 Å². The van der Waals surface area contributed by atoms with Gasteiger partial charge in [-0.15, -0.1) is 0 Å². The van der Waals surface area contributed by atoms with E-state index in [2.05, 4.69) is 17.6 Å². The van der Waals surface area contributed by atoms with Gasteiger partial charge >= 0.3 is 12.0 Å². The van der Waals surface area contributed by atoms with Gasteiger partial charge in [-0.25, -0.2) is 4.79 Å². The standard InChI is InChI=1S/C12H20N2O3/c1-7-5-10(7)14-12(17)13-6-8-3-2-4-9(8)11(15)16/h7-10H,2-6H2,1H3,(H,15,16)(H2,13,14,17). The van der Waals surface area contributed by atoms with Gasteiger partial charge < -0.3 is 15.7 Å². The number of carboxylic acids is 1. The second-order valence-electron chi connectivity index (χ2n) is 5.31. The average molecular weight is 240 g/mol. The Morgan fingerprint density at radius 1 is 1.35 bits per heavy atom. The molecule has 2 saturated carbocycles. The molecule has 2 aliphatic rings. The van der Waals surface area contributed by atoms with Crippen molar-refractivity contribution in [1.29, 1.82) is 0 Å². The molecule has 2 rings (SSSR count). The molecule has 0 aromatic heterocycles. The maximum atomic E-state index is 11.5. The Kier molecular flexibility index (Phi) is 3.54. The van der Waals surface area contributed by atoms with E-state index in [1.54, 1.807) is 0 Å². The quantitative estimate of drug-likeness (QED) is 0.690. The molecule has 0 radical (unpaired) electrons. The van der Waals surface area contributed by atoms with E-state index in [-0.39, 0.29) is 17.9 Å². The largest absolute Gasteiger partial charge is 0.481 e. The minimum Gasteiger partial charge on any atom is -0.481 e. The van der Waals surface area contributed by atoms with Crippen molar-refractivity contribution in [2.45, 2.75) is 38.6 Å². The molecule has 0 aromatic carbocycles. The van der Waals surface area contributed by atoms with Gasteiger partial charge in [0.1, 0.15) is 0 Å². The maximum absolute atomic E-state index is 11.5. The van der Waals surface area contributed by atoms with E-state index in [9.17, 15) is 9.59 Å². The Bertz CT molecular complexity index is 319. The Hall–Kier alpha value is -1.26. The summed E-state index contributed by atoms with van der Waals surface area (Å²) in [6.45, 7) is 2.58. The lowest BCUT2D eigenvalue weighted by Gasteiger charge is -2.16. The van der Waals surface area contributed by atoms with Crippen molar-refractivity contribution < 1.29 is 14.7 Å². The summed E-state index contributed by atoms with van der Waals surface area (Å²) in [7, 11) is 0. The second-order valence-corrected chi connectivity index (χ2v) is 5.31. The first-order valence-electron chi connectivity index (χ1n) is 6.35. The van der Waals surface area contributed by atoms with Gasteiger partial charge in [-0.3, -0.25) is 4.79 Å². The van der Waals surface area contributed by atoms with Crippen LogP contribution in [0, 0.1) is 17.8 Å². The number of rotatable bonds is 4. The first-order valence-corrected chi connectivity index (χ1v) is 6.35. The van der Waals surface area contributed by atoms with Crippen molar-refractivity contribution in [3.05, 3.63) is 0 Å². The van der Waals surface area contributed by atoms with Crippen molar-refractivity contribution >= 4 is 12.0 Å². The molecule has 0 heterocycles. The molecule has 2 fully saturated rings. The molecule has 0 saturated heterocycles. The predicted molar refractivity (Wildman–Crippen MR) is 62.6 cm³/mol. The molecule has 0 aliphatic heterocycles. The normalized spacial score (nSPS) is 35.4. The van der Waals surface area contributed by atoms with Crippen LogP contribution in [0.4, 0.5) is 4.79 Å². The average Bonchev–Trinajstić information content (AvgIpc) is 2.81. The summed E-state index contributed by atoms with van der Waals surface area (Å²) in [6, 6.07) is 0.157. The molecule has 4 unspecified atom stereocenters. The number of carboxylic acid groups (broad SMARTS) is 1. The van der Waals surface area contributed by atoms with E-state index in [0.29, 0.717) is 18.5 Å². The summed E-state index contributed by atoms with van der Waals surface area (Å²) in [5.41, 5.74) is 0. The number of nitrogens with one attached hydrogen (secondary N) is 2. The summed E-state index contributed by atoms with van der Waals surface area (Å²) >= 11 is 0. The number of hydrogen-bond donors (Lipinski definition) is 3. The van der Waals surface area contributed by atoms with Crippen LogP contribution in [-0.2, 0) is 4.79 Å². The van der Waals surface area contributed by atoms with Gasteiger partial charge in [-0.2, -0.15) is 0 Å². The van der Waals surface area contributed by atoms with Crippen LogP contribution < -0.4 is 10.6 Å². The summed E-state index contributed by atoms with van der Waals surface area (Å²) in [5, 5.41) is 14.7. The molecule has 0 aromatic rings. The first-order chi connectivity index (χ1) is 8.08. The number of hydrogen-bond acceptors (Lipinski definition) is 2. The lowest BCUT2D eigenvalue weighted by molar-refractivity contribution is -0.142. The molecule has 5 heteroatoms. The Morgan fingerprint density at radius 3 is 2.65 bits per heavy atom. The fraction of sp³-hybridized carbons (Fsp3) is 0.833. The van der Waals surface area contributed by atoms with Gasteiger partial charge in [0, 0.05) is 12.6 Å². The minimum atomic E-state index is -0.731. The van der Waals surface area contributed by atoms with Gasteiger partial charge in [-0.05, 0) is 31.1 Å². The lowest BCUT2D eigenvalue weighted by Crippen LogP contribution is -2.41. The summed E-state index contributed by atoms with van der Waals surface area (Å²) in [6.07, 6.45) is 3.64. The number of amides is 2. The van der Waals surface area contributed by atoms with Crippen LogP contribution in [0.1, 0.15) is 32.6 Å². The number of aliphatic carboxylic acids is 1. The molecular weight excluding hydrogens is 220 g/mol. The van der Waals surface area contributed by atoms with E-state index >= 15 is 0 Å². The summed E-state index contributed by atoms with van der Waals surface area (Å²) in [4.78, 5) is 22.5. The highest BCUT2D eigenvalue weighted by Gasteiger charge is 2.35. The third-order valence-corrected chi connectivity index (χ3v) is 3.93. The summed E-state index contributed by atoms with van der Waals surface area (Å²) in [5.74, 6) is -0.338. The van der Waals surface area contributed by atoms with Crippen LogP contribution >= 0.6 is 0 Å². The zero-order valence-electron chi connectivity index (χ0n) is 10.1. The van der Waals surface area contributed by atoms with Gasteiger partial charge in [0.25, 0.3) is 0 Å². The number of carbonyl (C=O) groups excluding carboxylic acids is 1. The van der Waals surface area contributed by atoms with Crippen molar-refractivity contribution in [2.75, 3.05) is 6.54 Å². The molecule has 0 bridgehead atoms. The van der Waals surface area contributed by atoms with Crippen molar-refractivity contribution in [2.24, 2.45) is 17.8 Å². The van der Waals surface area contributed by atoms with Crippen molar-refractivity contribution in [3.8, 4) is 0 Å². The maximum Gasteiger partial charge on any atom is 0.315 e. The Labute approximate surface area is 101 Å². The SMILES string of the molecule is CC1CC1NC(=O)NCC1CCCC1C(=O)O. The van der Waals surface area contributed by atoms with Gasteiger partial charge in [-0.1, -0.05) is 13.3 Å². The monoisotopic (exact) mass is 240 g/mol. The molecule has 2 amide bonds. The van der Waals surface area contributed by atoms with E-state index in [1.165, 1.54) is 0 Å². The molecule has 5 nitrogen and oxygen atoms in total. The molecule has 4 atom stereocenters. The van der Waals surface area contributed by atoms with Crippen LogP contribution in [0.3, 0.4) is 0 Å². The smallest absolute Gasteiger partial charge is 0.315 e. The predicted octanol–water partition coefficient (Wildman–Crippen LogP) is 1.19. The minimum absolute atomic E-state index is 0.0925. The molecule has 2 aliphatic carbocycles. The fourth-order valence-electron chi connectivity index (χ4n) is 2.57. The van der Waals surface area contributed by atoms with Crippen LogP contribution in [0.25, 0.3) is 0 Å². The number of urea groups is 1. The highest BCUT2D eigenvalue weighted by atomic mass is 16.4. The zero-order chi connectivity index (χ0) is 12.4. The fourth-order valence-corrected chi connectivity index (χ4v) is 2.57. The van der Waals surface area contributed by atoms with E-state index in [0.717, 1.165) is 25.7 Å². The number of carbonyl (C=O) groups is 2. The van der Waals surface area contributed by atoms with E-state index in [4.69, 9.17) is 5.11 Å². The first kappa shape index (κ1) is 12.2. The van der Waals surface area contributed by atoms with Crippen LogP contribution in [0.15, 0.2) is 0 Å². The van der Waals surface area contributed by atoms with Gasteiger partial charge in [0.2, 0.25) is 0 Å². The van der Waals surface area contributed by atoms with Gasteiger partial charge in [0.05, 0.1) is 5.92 Å². The van der Waals surface area contributed by atoms with Crippen LogP contribution in [-0.4, -0.2) is 29.7 Å². The second kappa shape index (κ2) is 4.94. The molecular formula is C12H20N2O3. The zero-order valence-corrected chi connectivity index (χ0v) is 10.1. The molecule has 17 heavy (non-hydrogen) atoms. The molecule has 3 N–H and O–H groups in total. The molecule has 96 valence electrons. The topological polar surface area (TPSA) is 78.4 Å². The van der Waals surface area contributed by atoms with Gasteiger partial charge in [0.15, 0.2) is 0 Å². The lowest BCUT2D eigenvalue weighted by atomic mass is 9.96. The van der Waals surface area contributed by atoms with Crippen molar-refractivity contribution in [1.82, 2.24) is 10.6 Å². The van der Waals surface area contributed by atoms with E-state index in [1.807, 2.05) is 0 Å². The third-order valence-electron chi connectivity index (χ3n) is 3.93. The highest BCUT2D eigenvalue weighted by Crippen LogP contribution is 2.31. The highest BCUT2D eigenvalue weighted by molar-refractivity contribution is 5.75. The van der Waals surface area contributed by atoms with Crippen LogP contribution in [0.2, 0.25) is 0 Å². The third kappa shape index (κ3) is 3.11. The van der Waals surface area contributed by atoms with E-state index < -0.39 is 5.97 Å². The molecule has 0 spiro atoms. The Morgan fingerprint density at radius 2 is 2.06 bits per heavy atom. The Balaban J connectivity index is 1.70. The summed E-state index contributed by atoms with van der Waals surface area (Å²) < 4.78 is 0. The van der Waals surface area contributed by atoms with Crippen LogP contribution in [0.5, 0.6) is 0 Å².